The Morgan fingerprint density at radius 2 is 1.38 bits per heavy atom. The van der Waals surface area contributed by atoms with Gasteiger partial charge >= 0.3 is 103 Å². The number of phenols is 1. The molecule has 3 aromatic rings. The molecule has 0 aliphatic carbocycles. The van der Waals surface area contributed by atoms with E-state index in [0.29, 0.717) is 5.69 Å². The van der Waals surface area contributed by atoms with Crippen LogP contribution in [0.5, 0.6) is 5.75 Å². The van der Waals surface area contributed by atoms with Crippen LogP contribution < -0.4 is 123 Å². The van der Waals surface area contributed by atoms with Gasteiger partial charge in [0.25, 0.3) is 5.91 Å². The molecule has 1 amide bonds. The summed E-state index contributed by atoms with van der Waals surface area (Å²) in [6.07, 6.45) is 0. The van der Waals surface area contributed by atoms with Gasteiger partial charge in [0.2, 0.25) is 0 Å². The molecule has 0 unspecified atom stereocenters. The number of rotatable bonds is 5. The second kappa shape index (κ2) is 13.8. The number of aliphatic imine (C=N–C) groups is 2. The van der Waals surface area contributed by atoms with Crippen molar-refractivity contribution in [1.82, 2.24) is 5.43 Å². The van der Waals surface area contributed by atoms with Crippen LogP contribution in [0.3, 0.4) is 0 Å². The number of carbonyl (C=O) groups excluding carboxylic acids is 3. The minimum absolute atomic E-state index is 0. The number of para-hydroxylation sites is 1. The second-order valence-corrected chi connectivity index (χ2v) is 7.92. The number of carboxylic acids is 2. The van der Waals surface area contributed by atoms with Gasteiger partial charge in [0.05, 0.1) is 39.0 Å². The van der Waals surface area contributed by atoms with Gasteiger partial charge in [0.15, 0.2) is 17.3 Å². The van der Waals surface area contributed by atoms with Crippen LogP contribution >= 0.6 is 23.2 Å². The summed E-state index contributed by atoms with van der Waals surface area (Å²) in [7, 11) is 0. The van der Waals surface area contributed by atoms with Crippen LogP contribution in [0.1, 0.15) is 20.7 Å². The van der Waals surface area contributed by atoms with Crippen LogP contribution in [-0.2, 0) is 4.79 Å². The average molecular weight is 589 g/mol. The van der Waals surface area contributed by atoms with Gasteiger partial charge in [-0.05, 0) is 53.6 Å². The molecule has 1 saturated heterocycles. The Labute approximate surface area is 305 Å². The average Bonchev–Trinajstić information content (AvgIpc) is 3.12. The molecule has 3 aromatic carbocycles. The number of hydrogen-bond acceptors (Lipinski definition) is 8. The van der Waals surface area contributed by atoms with Crippen molar-refractivity contribution in [3.63, 3.8) is 0 Å². The zero-order chi connectivity index (χ0) is 25.3. The zero-order valence-electron chi connectivity index (χ0n) is 19.4. The number of hydrazine groups is 1. The molecule has 0 saturated carbocycles. The largest absolute Gasteiger partial charge is 1.00 e. The topological polar surface area (TPSA) is 158 Å². The van der Waals surface area contributed by atoms with Crippen molar-refractivity contribution in [3.8, 4) is 5.75 Å². The van der Waals surface area contributed by atoms with E-state index in [4.69, 9.17) is 23.2 Å². The first-order valence-electron chi connectivity index (χ1n) is 9.73. The molecule has 0 spiro atoms. The number of halogens is 2. The maximum atomic E-state index is 13.3. The third-order valence-corrected chi connectivity index (χ3v) is 5.31. The van der Waals surface area contributed by atoms with E-state index in [-0.39, 0.29) is 141 Å². The molecule has 0 aromatic heterocycles. The van der Waals surface area contributed by atoms with Crippen LogP contribution in [-0.4, -0.2) is 34.5 Å². The van der Waals surface area contributed by atoms with E-state index in [0.717, 1.165) is 23.2 Å². The molecule has 0 radical (unpaired) electrons. The molecule has 10 nitrogen and oxygen atoms in total. The van der Waals surface area contributed by atoms with E-state index in [9.17, 15) is 29.7 Å². The monoisotopic (exact) mass is 588 g/mol. The van der Waals surface area contributed by atoms with Crippen molar-refractivity contribution in [3.05, 3.63) is 81.8 Å². The molecular formula is C23H12Cl2K2N4O6. The number of benzene rings is 3. The Kier molecular flexibility index (Phi) is 11.9. The molecule has 14 heteroatoms. The molecule has 1 heterocycles. The van der Waals surface area contributed by atoms with Gasteiger partial charge in [0.1, 0.15) is 0 Å². The Hall–Kier alpha value is -1.14. The summed E-state index contributed by atoms with van der Waals surface area (Å²) in [5.74, 6) is -4.49. The Morgan fingerprint density at radius 3 is 1.89 bits per heavy atom. The summed E-state index contributed by atoms with van der Waals surface area (Å²) >= 11 is 11.9. The quantitative estimate of drug-likeness (QED) is 0.286. The second-order valence-electron chi connectivity index (χ2n) is 7.11. The first-order chi connectivity index (χ1) is 16.6. The van der Waals surface area contributed by atoms with E-state index < -0.39 is 29.0 Å². The predicted molar refractivity (Wildman–Crippen MR) is 124 cm³/mol. The third-order valence-electron chi connectivity index (χ3n) is 4.73. The smallest absolute Gasteiger partial charge is 0.545 e. The van der Waals surface area contributed by atoms with Crippen molar-refractivity contribution in [1.29, 1.82) is 0 Å². The van der Waals surface area contributed by atoms with Gasteiger partial charge in [-0.1, -0.05) is 41.4 Å². The van der Waals surface area contributed by atoms with Gasteiger partial charge in [-0.2, -0.15) is 0 Å². The number of hydrogen-bond donors (Lipinski definition) is 2. The van der Waals surface area contributed by atoms with E-state index in [1.807, 2.05) is 0 Å². The number of nitrogens with one attached hydrogen (secondary N) is 1. The molecule has 2 N–H and O–H groups in total. The zero-order valence-corrected chi connectivity index (χ0v) is 27.1. The van der Waals surface area contributed by atoms with Crippen molar-refractivity contribution in [2.75, 3.05) is 5.01 Å². The van der Waals surface area contributed by atoms with Crippen molar-refractivity contribution >= 4 is 69.7 Å². The number of phenolic OH excluding ortho intramolecular Hbond substituents is 1. The number of carbonyl (C=O) groups is 3. The summed E-state index contributed by atoms with van der Waals surface area (Å²) in [4.78, 5) is 44.7. The van der Waals surface area contributed by atoms with Crippen LogP contribution in [0, 0.1) is 0 Å². The summed E-state index contributed by atoms with van der Waals surface area (Å²) < 4.78 is 0. The molecule has 4 rings (SSSR count). The van der Waals surface area contributed by atoms with Gasteiger partial charge < -0.3 is 24.9 Å². The van der Waals surface area contributed by atoms with Crippen molar-refractivity contribution in [2.24, 2.45) is 9.98 Å². The van der Waals surface area contributed by atoms with Crippen molar-refractivity contribution in [2.45, 2.75) is 0 Å². The number of amides is 1. The van der Waals surface area contributed by atoms with Crippen LogP contribution in [0.15, 0.2) is 70.6 Å². The number of carboxylic acid groups (broad SMARTS) is 2. The molecule has 0 atom stereocenters. The minimum Gasteiger partial charge on any atom is -0.545 e. The summed E-state index contributed by atoms with van der Waals surface area (Å²) in [6.45, 7) is 0. The fourth-order valence-corrected chi connectivity index (χ4v) is 3.61. The molecule has 1 aliphatic rings. The SMILES string of the molecule is O=C([O-])c1cc(C(=O)[O-])cc(N2NC(=Nc3ccccc3)C(=Nc3cc(Cl)c(O)c(Cl)c3)C2=O)c1.[K+].[K+]. The van der Waals surface area contributed by atoms with Gasteiger partial charge in [0, 0.05) is 0 Å². The van der Waals surface area contributed by atoms with Crippen LogP contribution in [0.2, 0.25) is 10.0 Å². The van der Waals surface area contributed by atoms with E-state index in [2.05, 4.69) is 15.4 Å². The number of anilines is 1. The number of amidine groups is 1. The molecule has 176 valence electrons. The molecule has 0 bridgehead atoms. The van der Waals surface area contributed by atoms with Crippen LogP contribution in [0.25, 0.3) is 0 Å². The third kappa shape index (κ3) is 7.50. The van der Waals surface area contributed by atoms with E-state index in [1.54, 1.807) is 30.3 Å². The van der Waals surface area contributed by atoms with Gasteiger partial charge in [-0.15, -0.1) is 0 Å². The summed E-state index contributed by atoms with van der Waals surface area (Å²) in [5.41, 5.74) is 1.95. The van der Waals surface area contributed by atoms with Crippen molar-refractivity contribution < 1.29 is 132 Å². The minimum atomic E-state index is -1.65. The molecule has 1 aliphatic heterocycles. The normalized spacial score (nSPS) is 14.6. The maximum Gasteiger partial charge on any atom is 1.00 e. The first kappa shape index (κ1) is 32.1. The number of aromatic carboxylic acids is 2. The number of nitrogens with zero attached hydrogens (tertiary/aromatic N) is 3. The van der Waals surface area contributed by atoms with E-state index >= 15 is 0 Å². The van der Waals surface area contributed by atoms with Gasteiger partial charge in [-0.3, -0.25) is 10.2 Å². The maximum absolute atomic E-state index is 13.3. The van der Waals surface area contributed by atoms with E-state index in [1.165, 1.54) is 12.1 Å². The Balaban J connectivity index is 0.00000241. The number of aromatic hydroxyl groups is 1. The summed E-state index contributed by atoms with van der Waals surface area (Å²) in [5, 5.41) is 33.2. The fourth-order valence-electron chi connectivity index (χ4n) is 3.13. The molecule has 1 fully saturated rings. The molecular weight excluding hydrogens is 577 g/mol. The fraction of sp³-hybridized carbons (Fsp3) is 0. The predicted octanol–water partition coefficient (Wildman–Crippen LogP) is -4.21. The first-order valence-corrected chi connectivity index (χ1v) is 10.5. The summed E-state index contributed by atoms with van der Waals surface area (Å²) in [6, 6.07) is 14.0. The standard InChI is InChI=1S/C23H14Cl2N4O6.2K/c24-16-9-14(10-17(25)19(16)30)26-18-20(27-13-4-2-1-3-5-13)28-29(21(18)31)15-7-11(22(32)33)6-12(8-15)23(34)35;;/h1-10,30H,(H,27,28)(H,32,33)(H,34,35);;/q;2*+1/p-2. The van der Waals surface area contributed by atoms with Gasteiger partial charge in [-0.25, -0.2) is 15.0 Å². The molecule has 37 heavy (non-hydrogen) atoms. The van der Waals surface area contributed by atoms with Crippen LogP contribution in [0.4, 0.5) is 17.1 Å². The Morgan fingerprint density at radius 1 is 0.838 bits per heavy atom. The Bertz CT molecular complexity index is 1400.